The fourth-order valence-corrected chi connectivity index (χ4v) is 3.60. The SMILES string of the molecule is O=C(O)CCCCCCCCCCCCCCC(OS(=O)(=O)O)OS(=O)(=O)O. The van der Waals surface area contributed by atoms with Crippen LogP contribution in [0.25, 0.3) is 0 Å². The Morgan fingerprint density at radius 2 is 0.964 bits per heavy atom. The van der Waals surface area contributed by atoms with Gasteiger partial charge in [-0.05, 0) is 12.8 Å². The maximum absolute atomic E-state index is 10.6. The average Bonchev–Trinajstić information content (AvgIpc) is 2.51. The van der Waals surface area contributed by atoms with E-state index in [9.17, 15) is 21.6 Å². The molecule has 0 amide bonds. The van der Waals surface area contributed by atoms with Crippen LogP contribution in [0, 0.1) is 0 Å². The molecular weight excluding hydrogens is 416 g/mol. The van der Waals surface area contributed by atoms with Gasteiger partial charge in [0.1, 0.15) is 0 Å². The van der Waals surface area contributed by atoms with Crippen LogP contribution in [0.15, 0.2) is 0 Å². The summed E-state index contributed by atoms with van der Waals surface area (Å²) >= 11 is 0. The number of carboxylic acids is 1. The van der Waals surface area contributed by atoms with E-state index >= 15 is 0 Å². The molecule has 3 N–H and O–H groups in total. The van der Waals surface area contributed by atoms with Gasteiger partial charge in [0.2, 0.25) is 0 Å². The molecule has 0 rings (SSSR count). The number of rotatable bonds is 19. The van der Waals surface area contributed by atoms with E-state index in [0.29, 0.717) is 12.8 Å². The lowest BCUT2D eigenvalue weighted by Gasteiger charge is -2.13. The molecule has 0 atom stereocenters. The molecule has 0 spiro atoms. The van der Waals surface area contributed by atoms with Crippen molar-refractivity contribution in [3.8, 4) is 0 Å². The smallest absolute Gasteiger partial charge is 0.399 e. The van der Waals surface area contributed by atoms with E-state index in [1.54, 1.807) is 0 Å². The number of carbonyl (C=O) groups is 1. The predicted molar refractivity (Wildman–Crippen MR) is 101 cm³/mol. The third-order valence-corrected chi connectivity index (χ3v) is 4.95. The van der Waals surface area contributed by atoms with Crippen molar-refractivity contribution in [2.45, 2.75) is 96.2 Å². The Bertz CT molecular complexity index is 581. The minimum absolute atomic E-state index is 0.110. The number of hydrogen-bond acceptors (Lipinski definition) is 7. The van der Waals surface area contributed by atoms with Crippen molar-refractivity contribution in [2.24, 2.45) is 0 Å². The molecule has 0 saturated carbocycles. The number of aliphatic carboxylic acids is 1. The standard InChI is InChI=1S/C16H32O10S2/c17-15(18)13-11-9-7-5-3-1-2-4-6-8-10-12-14-16(25-27(19,20)21)26-28(22,23)24/h16H,1-14H2,(H,17,18)(H,19,20,21)(H,22,23,24). The molecule has 0 radical (unpaired) electrons. The highest BCUT2D eigenvalue weighted by molar-refractivity contribution is 7.81. The molecule has 0 heterocycles. The van der Waals surface area contributed by atoms with Gasteiger partial charge < -0.3 is 5.11 Å². The monoisotopic (exact) mass is 448 g/mol. The molecule has 168 valence electrons. The Hall–Kier alpha value is -0.790. The second-order valence-electron chi connectivity index (χ2n) is 6.65. The van der Waals surface area contributed by atoms with E-state index in [0.717, 1.165) is 64.2 Å². The van der Waals surface area contributed by atoms with Crippen LogP contribution in [-0.2, 0) is 34.0 Å². The highest BCUT2D eigenvalue weighted by atomic mass is 32.3. The van der Waals surface area contributed by atoms with E-state index in [4.69, 9.17) is 14.2 Å². The van der Waals surface area contributed by atoms with Crippen LogP contribution in [0.1, 0.15) is 89.9 Å². The summed E-state index contributed by atoms with van der Waals surface area (Å²) in [5.74, 6) is -0.743. The maximum atomic E-state index is 10.6. The Labute approximate surface area is 167 Å². The topological polar surface area (TPSA) is 164 Å². The summed E-state index contributed by atoms with van der Waals surface area (Å²) in [5.41, 5.74) is 0. The summed E-state index contributed by atoms with van der Waals surface area (Å²) in [4.78, 5) is 10.4. The van der Waals surface area contributed by atoms with Crippen LogP contribution >= 0.6 is 0 Å². The van der Waals surface area contributed by atoms with Crippen LogP contribution in [0.2, 0.25) is 0 Å². The van der Waals surface area contributed by atoms with E-state index < -0.39 is 33.1 Å². The average molecular weight is 449 g/mol. The van der Waals surface area contributed by atoms with Gasteiger partial charge in [0.05, 0.1) is 0 Å². The van der Waals surface area contributed by atoms with Crippen LogP contribution in [0.3, 0.4) is 0 Å². The second-order valence-corrected chi connectivity index (χ2v) is 8.75. The molecule has 10 nitrogen and oxygen atoms in total. The van der Waals surface area contributed by atoms with E-state index in [1.807, 2.05) is 0 Å². The lowest BCUT2D eigenvalue weighted by Crippen LogP contribution is -2.24. The van der Waals surface area contributed by atoms with Gasteiger partial charge in [-0.3, -0.25) is 13.9 Å². The minimum Gasteiger partial charge on any atom is -0.481 e. The first kappa shape index (κ1) is 27.2. The normalized spacial score (nSPS) is 12.5. The molecule has 0 aromatic carbocycles. The van der Waals surface area contributed by atoms with Gasteiger partial charge in [-0.1, -0.05) is 64.2 Å². The van der Waals surface area contributed by atoms with Gasteiger partial charge in [-0.25, -0.2) is 8.37 Å². The van der Waals surface area contributed by atoms with Crippen molar-refractivity contribution in [2.75, 3.05) is 0 Å². The Balaban J connectivity index is 3.61. The maximum Gasteiger partial charge on any atom is 0.399 e. The first-order chi connectivity index (χ1) is 13.0. The van der Waals surface area contributed by atoms with Gasteiger partial charge in [0.15, 0.2) is 6.29 Å². The zero-order valence-corrected chi connectivity index (χ0v) is 17.6. The lowest BCUT2D eigenvalue weighted by atomic mass is 10.0. The van der Waals surface area contributed by atoms with E-state index in [2.05, 4.69) is 8.37 Å². The molecule has 0 aliphatic rings. The van der Waals surface area contributed by atoms with E-state index in [-0.39, 0.29) is 12.8 Å². The van der Waals surface area contributed by atoms with Gasteiger partial charge in [0.25, 0.3) is 0 Å². The first-order valence-corrected chi connectivity index (χ1v) is 12.3. The minimum atomic E-state index is -4.89. The van der Waals surface area contributed by atoms with Crippen LogP contribution in [0.4, 0.5) is 0 Å². The summed E-state index contributed by atoms with van der Waals surface area (Å²) in [5, 5.41) is 8.53. The highest BCUT2D eigenvalue weighted by Gasteiger charge is 2.23. The molecule has 0 fully saturated rings. The van der Waals surface area contributed by atoms with Crippen molar-refractivity contribution >= 4 is 26.8 Å². The van der Waals surface area contributed by atoms with Crippen LogP contribution < -0.4 is 0 Å². The Morgan fingerprint density at radius 1 is 0.643 bits per heavy atom. The summed E-state index contributed by atoms with van der Waals surface area (Å²) in [6.07, 6.45) is 9.61. The zero-order chi connectivity index (χ0) is 21.5. The fraction of sp³-hybridized carbons (Fsp3) is 0.938. The third kappa shape index (κ3) is 21.5. The van der Waals surface area contributed by atoms with Crippen LogP contribution in [-0.4, -0.2) is 43.3 Å². The van der Waals surface area contributed by atoms with Crippen molar-refractivity contribution in [3.05, 3.63) is 0 Å². The summed E-state index contributed by atoms with van der Waals surface area (Å²) in [6.45, 7) is 0. The zero-order valence-electron chi connectivity index (χ0n) is 16.0. The molecule has 0 unspecified atom stereocenters. The van der Waals surface area contributed by atoms with Gasteiger partial charge in [-0.2, -0.15) is 16.8 Å². The number of hydrogen-bond donors (Lipinski definition) is 3. The number of carboxylic acid groups (broad SMARTS) is 1. The summed E-state index contributed by atoms with van der Waals surface area (Å²) < 4.78 is 67.9. The third-order valence-electron chi connectivity index (χ3n) is 4.04. The molecule has 28 heavy (non-hydrogen) atoms. The lowest BCUT2D eigenvalue weighted by molar-refractivity contribution is -0.137. The van der Waals surface area contributed by atoms with Crippen molar-refractivity contribution < 1.29 is 44.2 Å². The molecular formula is C16H32O10S2. The quantitative estimate of drug-likeness (QED) is 0.151. The largest absolute Gasteiger partial charge is 0.481 e. The Kier molecular flexibility index (Phi) is 14.7. The van der Waals surface area contributed by atoms with E-state index in [1.165, 1.54) is 0 Å². The van der Waals surface area contributed by atoms with Gasteiger partial charge >= 0.3 is 26.8 Å². The van der Waals surface area contributed by atoms with Gasteiger partial charge in [0, 0.05) is 12.8 Å². The molecule has 0 aliphatic heterocycles. The second kappa shape index (κ2) is 15.1. The Morgan fingerprint density at radius 3 is 1.29 bits per heavy atom. The molecule has 0 aliphatic carbocycles. The predicted octanol–water partition coefficient (Wildman–Crippen LogP) is 3.50. The fourth-order valence-electron chi connectivity index (χ4n) is 2.74. The molecule has 12 heteroatoms. The number of unbranched alkanes of at least 4 members (excludes halogenated alkanes) is 11. The first-order valence-electron chi connectivity index (χ1n) is 9.53. The molecule has 0 saturated heterocycles. The molecule has 0 aromatic heterocycles. The van der Waals surface area contributed by atoms with Crippen molar-refractivity contribution in [1.29, 1.82) is 0 Å². The van der Waals surface area contributed by atoms with Crippen molar-refractivity contribution in [1.82, 2.24) is 0 Å². The summed E-state index contributed by atoms with van der Waals surface area (Å²) in [6, 6.07) is 0. The summed E-state index contributed by atoms with van der Waals surface area (Å²) in [7, 11) is -9.79. The molecule has 0 aromatic rings. The van der Waals surface area contributed by atoms with Crippen molar-refractivity contribution in [3.63, 3.8) is 0 Å². The van der Waals surface area contributed by atoms with Crippen LogP contribution in [0.5, 0.6) is 0 Å². The highest BCUT2D eigenvalue weighted by Crippen LogP contribution is 2.16. The van der Waals surface area contributed by atoms with Gasteiger partial charge in [-0.15, -0.1) is 0 Å². The molecule has 0 bridgehead atoms.